The molecule has 1 heterocycles. The third-order valence-corrected chi connectivity index (χ3v) is 7.39. The van der Waals surface area contributed by atoms with E-state index in [1.54, 1.807) is 19.2 Å². The molecule has 1 unspecified atom stereocenters. The lowest BCUT2D eigenvalue weighted by molar-refractivity contribution is -0.384. The van der Waals surface area contributed by atoms with Crippen LogP contribution in [0.3, 0.4) is 0 Å². The number of ketones is 1. The third-order valence-electron chi connectivity index (χ3n) is 7.14. The molecule has 1 aliphatic carbocycles. The largest absolute Gasteiger partial charge is 0.497 e. The van der Waals surface area contributed by atoms with E-state index < -0.39 is 10.3 Å². The van der Waals surface area contributed by atoms with Crippen molar-refractivity contribution >= 4 is 34.8 Å². The van der Waals surface area contributed by atoms with Crippen LogP contribution < -0.4 is 10.1 Å². The lowest BCUT2D eigenvalue weighted by Crippen LogP contribution is -2.37. The second-order valence-electron chi connectivity index (χ2n) is 10.2. The van der Waals surface area contributed by atoms with Gasteiger partial charge in [-0.25, -0.2) is 0 Å². The van der Waals surface area contributed by atoms with Crippen LogP contribution in [0.4, 0.5) is 5.69 Å². The van der Waals surface area contributed by atoms with Crippen LogP contribution in [0.25, 0.3) is 11.8 Å². The Morgan fingerprint density at radius 3 is 2.29 bits per heavy atom. The van der Waals surface area contributed by atoms with Crippen molar-refractivity contribution in [3.63, 3.8) is 0 Å². The minimum absolute atomic E-state index is 0.00925. The molecule has 1 atom stereocenters. The smallest absolute Gasteiger partial charge is 0.269 e. The normalized spacial score (nSPS) is 19.5. The number of carbonyl (C=O) groups excluding carboxylic acids is 1. The summed E-state index contributed by atoms with van der Waals surface area (Å²) in [6.07, 6.45) is 4.60. The van der Waals surface area contributed by atoms with Gasteiger partial charge in [0.2, 0.25) is 0 Å². The minimum Gasteiger partial charge on any atom is -0.497 e. The van der Waals surface area contributed by atoms with Gasteiger partial charge in [-0.1, -0.05) is 61.8 Å². The van der Waals surface area contributed by atoms with Crippen LogP contribution in [0, 0.1) is 15.5 Å². The van der Waals surface area contributed by atoms with Gasteiger partial charge in [0.15, 0.2) is 5.78 Å². The number of hydrogen-bond acceptors (Lipinski definition) is 5. The van der Waals surface area contributed by atoms with Gasteiger partial charge < -0.3 is 10.1 Å². The third kappa shape index (κ3) is 4.87. The topological polar surface area (TPSA) is 81.5 Å². The van der Waals surface area contributed by atoms with Gasteiger partial charge in [0.25, 0.3) is 5.69 Å². The predicted octanol–water partition coefficient (Wildman–Crippen LogP) is 7.32. The number of rotatable bonds is 5. The number of carbonyl (C=O) groups is 1. The summed E-state index contributed by atoms with van der Waals surface area (Å²) in [5.41, 5.74) is 5.37. The summed E-state index contributed by atoms with van der Waals surface area (Å²) in [6.45, 7) is 4.15. The summed E-state index contributed by atoms with van der Waals surface area (Å²) in [4.78, 5) is 25.0. The highest BCUT2D eigenvalue weighted by molar-refractivity contribution is 6.30. The number of hydrogen-bond donors (Lipinski definition) is 1. The van der Waals surface area contributed by atoms with Crippen molar-refractivity contribution in [2.75, 3.05) is 7.11 Å². The van der Waals surface area contributed by atoms with Crippen LogP contribution in [0.1, 0.15) is 42.9 Å². The van der Waals surface area contributed by atoms with E-state index in [0.717, 1.165) is 39.4 Å². The molecule has 1 N–H and O–H groups in total. The van der Waals surface area contributed by atoms with Crippen LogP contribution in [-0.4, -0.2) is 17.8 Å². The Labute approximate surface area is 226 Å². The molecule has 7 heteroatoms. The van der Waals surface area contributed by atoms with E-state index >= 15 is 0 Å². The first-order valence-corrected chi connectivity index (χ1v) is 12.7. The van der Waals surface area contributed by atoms with Gasteiger partial charge >= 0.3 is 0 Å². The highest BCUT2D eigenvalue weighted by atomic mass is 35.5. The molecular weight excluding hydrogens is 500 g/mol. The molecule has 6 nitrogen and oxygen atoms in total. The van der Waals surface area contributed by atoms with Gasteiger partial charge in [0.1, 0.15) is 5.75 Å². The van der Waals surface area contributed by atoms with Crippen molar-refractivity contribution in [1.29, 1.82) is 0 Å². The van der Waals surface area contributed by atoms with Crippen molar-refractivity contribution in [1.82, 2.24) is 5.32 Å². The summed E-state index contributed by atoms with van der Waals surface area (Å²) in [5.74, 6) is 0.343. The molecule has 0 fully saturated rings. The van der Waals surface area contributed by atoms with E-state index in [1.165, 1.54) is 12.1 Å². The summed E-state index contributed by atoms with van der Waals surface area (Å²) in [6, 6.07) is 21.6. The molecule has 192 valence electrons. The average Bonchev–Trinajstić information content (AvgIpc) is 2.91. The lowest BCUT2D eigenvalue weighted by Gasteiger charge is -2.40. The maximum Gasteiger partial charge on any atom is 0.269 e. The first-order valence-electron chi connectivity index (χ1n) is 12.3. The fourth-order valence-corrected chi connectivity index (χ4v) is 5.23. The number of nitrogens with zero attached hydrogens (tertiary/aromatic N) is 1. The highest BCUT2D eigenvalue weighted by Gasteiger charge is 2.42. The van der Waals surface area contributed by atoms with Crippen LogP contribution in [0.15, 0.2) is 95.7 Å². The van der Waals surface area contributed by atoms with Crippen LogP contribution in [-0.2, 0) is 4.79 Å². The van der Waals surface area contributed by atoms with E-state index in [0.29, 0.717) is 17.0 Å². The van der Waals surface area contributed by atoms with E-state index in [1.807, 2.05) is 60.7 Å². The molecule has 2 aliphatic rings. The van der Waals surface area contributed by atoms with Crippen LogP contribution in [0.2, 0.25) is 5.02 Å². The molecule has 5 rings (SSSR count). The molecule has 1 aliphatic heterocycles. The lowest BCUT2D eigenvalue weighted by atomic mass is 9.67. The first-order chi connectivity index (χ1) is 18.2. The molecule has 3 aromatic rings. The summed E-state index contributed by atoms with van der Waals surface area (Å²) in [5, 5.41) is 15.4. The minimum atomic E-state index is -0.425. The zero-order chi connectivity index (χ0) is 27.0. The average molecular weight is 527 g/mol. The van der Waals surface area contributed by atoms with Crippen molar-refractivity contribution in [3.05, 3.63) is 128 Å². The number of Topliss-reactive ketones (excluding diaryl/α,β-unsaturated/α-hetero) is 1. The summed E-state index contributed by atoms with van der Waals surface area (Å²) < 4.78 is 5.27. The van der Waals surface area contributed by atoms with Gasteiger partial charge in [-0.3, -0.25) is 14.9 Å². The Morgan fingerprint density at radius 2 is 1.68 bits per heavy atom. The molecule has 0 spiro atoms. The van der Waals surface area contributed by atoms with E-state index in [2.05, 4.69) is 19.2 Å². The second-order valence-corrected chi connectivity index (χ2v) is 10.6. The SMILES string of the molecule is COc1ccc(/C=C2\C(=O)C3=C(CC2(C)C)NC(c2ccc(Cl)cc2)=CC3c2ccc([N+](=O)[O-])cc2)cc1. The number of benzene rings is 3. The zero-order valence-electron chi connectivity index (χ0n) is 21.3. The Hall–Kier alpha value is -4.16. The Bertz CT molecular complexity index is 1500. The fourth-order valence-electron chi connectivity index (χ4n) is 5.11. The summed E-state index contributed by atoms with van der Waals surface area (Å²) in [7, 11) is 1.62. The fraction of sp³-hybridized carbons (Fsp3) is 0.194. The van der Waals surface area contributed by atoms with Gasteiger partial charge in [0.05, 0.1) is 12.0 Å². The standard InChI is InChI=1S/C31H27ClN2O4/c1-31(2)18-28-29(30(35)26(31)16-19-4-14-24(38-3)15-5-19)25(20-8-12-23(13-9-20)34(36)37)17-27(33-28)21-6-10-22(32)11-7-21/h4-17,25,33H,18H2,1-3H3/b26-16+. The molecule has 0 aromatic heterocycles. The highest BCUT2D eigenvalue weighted by Crippen LogP contribution is 2.48. The predicted molar refractivity (Wildman–Crippen MR) is 150 cm³/mol. The van der Waals surface area contributed by atoms with Crippen LogP contribution in [0.5, 0.6) is 5.75 Å². The van der Waals surface area contributed by atoms with Crippen LogP contribution >= 0.6 is 11.6 Å². The van der Waals surface area contributed by atoms with Gasteiger partial charge in [0, 0.05) is 45.6 Å². The number of dihydropyridines is 1. The number of methoxy groups -OCH3 is 1. The number of halogens is 1. The van der Waals surface area contributed by atoms with Crippen molar-refractivity contribution in [2.45, 2.75) is 26.2 Å². The number of non-ortho nitro benzene ring substituents is 1. The monoisotopic (exact) mass is 526 g/mol. The van der Waals surface area contributed by atoms with Crippen molar-refractivity contribution < 1.29 is 14.5 Å². The second kappa shape index (κ2) is 9.95. The Morgan fingerprint density at radius 1 is 1.03 bits per heavy atom. The molecule has 0 saturated heterocycles. The molecule has 0 amide bonds. The zero-order valence-corrected chi connectivity index (χ0v) is 22.1. The van der Waals surface area contributed by atoms with Gasteiger partial charge in [-0.15, -0.1) is 0 Å². The number of nitro benzene ring substituents is 1. The van der Waals surface area contributed by atoms with Gasteiger partial charge in [-0.2, -0.15) is 0 Å². The van der Waals surface area contributed by atoms with Crippen molar-refractivity contribution in [3.8, 4) is 5.75 Å². The van der Waals surface area contributed by atoms with Gasteiger partial charge in [-0.05, 0) is 64.9 Å². The Kier molecular flexibility index (Phi) is 6.67. The molecule has 0 saturated carbocycles. The molecular formula is C31H27ClN2O4. The van der Waals surface area contributed by atoms with Crippen molar-refractivity contribution in [2.24, 2.45) is 5.41 Å². The quantitative estimate of drug-likeness (QED) is 0.214. The Balaban J connectivity index is 1.62. The maximum atomic E-state index is 14.2. The van der Waals surface area contributed by atoms with E-state index in [9.17, 15) is 14.9 Å². The summed E-state index contributed by atoms with van der Waals surface area (Å²) >= 11 is 6.12. The number of ether oxygens (including phenoxy) is 1. The number of allylic oxidation sites excluding steroid dienone is 4. The molecule has 3 aromatic carbocycles. The molecule has 38 heavy (non-hydrogen) atoms. The van der Waals surface area contributed by atoms with E-state index in [-0.39, 0.29) is 17.4 Å². The number of nitro groups is 1. The molecule has 0 bridgehead atoms. The first kappa shape index (κ1) is 25.5. The molecule has 0 radical (unpaired) electrons. The number of nitrogens with one attached hydrogen (secondary N) is 1. The van der Waals surface area contributed by atoms with E-state index in [4.69, 9.17) is 16.3 Å². The maximum absolute atomic E-state index is 14.2.